The Hall–Kier alpha value is -1.99. The summed E-state index contributed by atoms with van der Waals surface area (Å²) in [5.41, 5.74) is 8.01. The number of carbonyl (C=O) groups excluding carboxylic acids is 1. The number of nitrogens with one attached hydrogen (secondary N) is 1. The number of amides is 1. The number of nitrogens with zero attached hydrogens (tertiary/aromatic N) is 3. The number of likely N-dealkylation sites (N-methyl/N-ethyl adjacent to an activating group) is 2. The molecule has 1 saturated heterocycles. The van der Waals surface area contributed by atoms with E-state index in [0.717, 1.165) is 45.4 Å². The zero-order valence-corrected chi connectivity index (χ0v) is 19.0. The van der Waals surface area contributed by atoms with E-state index in [0.29, 0.717) is 17.4 Å². The van der Waals surface area contributed by atoms with Crippen molar-refractivity contribution in [1.29, 1.82) is 0 Å². The first kappa shape index (κ1) is 23.3. The molecule has 1 aliphatic heterocycles. The zero-order valence-electron chi connectivity index (χ0n) is 19.0. The molecule has 0 radical (unpaired) electrons. The van der Waals surface area contributed by atoms with Gasteiger partial charge in [-0.05, 0) is 66.9 Å². The number of likely N-dealkylation sites (tertiary alicyclic amines) is 1. The average Bonchev–Trinajstić information content (AvgIpc) is 2.80. The summed E-state index contributed by atoms with van der Waals surface area (Å²) < 4.78 is 5.33. The van der Waals surface area contributed by atoms with E-state index in [1.807, 2.05) is 32.9 Å². The zero-order chi connectivity index (χ0) is 21.6. The smallest absolute Gasteiger partial charge is 0.412 e. The highest BCUT2D eigenvalue weighted by molar-refractivity contribution is 5.71. The molecule has 3 N–H and O–H groups in total. The van der Waals surface area contributed by atoms with E-state index in [-0.39, 0.29) is 0 Å². The Morgan fingerprint density at radius 3 is 2.45 bits per heavy atom. The summed E-state index contributed by atoms with van der Waals surface area (Å²) in [7, 11) is 6.47. The second-order valence-corrected chi connectivity index (χ2v) is 9.23. The maximum Gasteiger partial charge on any atom is 0.412 e. The molecule has 1 fully saturated rings. The van der Waals surface area contributed by atoms with E-state index in [1.54, 1.807) is 0 Å². The standard InChI is InChI=1S/C22H39N5O2/c1-22(2,3)29-21(28)24-20-10-8-18(7-9-19(20)23)27-13-11-17(12-14-27)26(6)16-15-25(4)5/h7,9-10,17H,8,11-16,23H2,1-6H3,(H,24,28). The van der Waals surface area contributed by atoms with Crippen LogP contribution in [-0.4, -0.2) is 79.8 Å². The second kappa shape index (κ2) is 10.2. The summed E-state index contributed by atoms with van der Waals surface area (Å²) in [5.74, 6) is 0. The second-order valence-electron chi connectivity index (χ2n) is 9.23. The van der Waals surface area contributed by atoms with Crippen LogP contribution < -0.4 is 11.1 Å². The first-order valence-electron chi connectivity index (χ1n) is 10.5. The topological polar surface area (TPSA) is 74.1 Å². The molecule has 0 bridgehead atoms. The van der Waals surface area contributed by atoms with Gasteiger partial charge in [0.25, 0.3) is 0 Å². The molecule has 7 nitrogen and oxygen atoms in total. The summed E-state index contributed by atoms with van der Waals surface area (Å²) in [6, 6.07) is 0.637. The number of ether oxygens (including phenoxy) is 1. The fourth-order valence-corrected chi connectivity index (χ4v) is 3.57. The number of alkyl carbamates (subject to hydrolysis) is 1. The van der Waals surface area contributed by atoms with Gasteiger partial charge in [-0.2, -0.15) is 0 Å². The molecule has 2 aliphatic rings. The predicted octanol–water partition coefficient (Wildman–Crippen LogP) is 2.48. The third-order valence-electron chi connectivity index (χ3n) is 5.31. The molecule has 0 atom stereocenters. The van der Waals surface area contributed by atoms with Crippen LogP contribution in [0.1, 0.15) is 40.0 Å². The SMILES string of the molecule is CN(C)CCN(C)C1CCN(C2=CC=C(N)C(NC(=O)OC(C)(C)C)=CC2)CC1. The molecular weight excluding hydrogens is 366 g/mol. The van der Waals surface area contributed by atoms with Crippen LogP contribution >= 0.6 is 0 Å². The third kappa shape index (κ3) is 7.74. The highest BCUT2D eigenvalue weighted by Crippen LogP contribution is 2.23. The van der Waals surface area contributed by atoms with E-state index in [9.17, 15) is 4.79 Å². The van der Waals surface area contributed by atoms with Gasteiger partial charge in [-0.15, -0.1) is 0 Å². The van der Waals surface area contributed by atoms with E-state index < -0.39 is 11.7 Å². The summed E-state index contributed by atoms with van der Waals surface area (Å²) in [4.78, 5) is 19.2. The fraction of sp³-hybridized carbons (Fsp3) is 0.682. The van der Waals surface area contributed by atoms with Crippen LogP contribution in [0.25, 0.3) is 0 Å². The molecule has 0 saturated carbocycles. The number of nitrogens with two attached hydrogens (primary N) is 1. The number of carbonyl (C=O) groups is 1. The van der Waals surface area contributed by atoms with Crippen LogP contribution in [0.15, 0.2) is 35.3 Å². The number of rotatable bonds is 6. The molecule has 164 valence electrons. The maximum absolute atomic E-state index is 12.1. The van der Waals surface area contributed by atoms with Crippen molar-refractivity contribution < 1.29 is 9.53 Å². The van der Waals surface area contributed by atoms with Gasteiger partial charge < -0.3 is 25.2 Å². The maximum atomic E-state index is 12.1. The van der Waals surface area contributed by atoms with Crippen LogP contribution in [0, 0.1) is 0 Å². The van der Waals surface area contributed by atoms with Gasteiger partial charge in [0.15, 0.2) is 0 Å². The van der Waals surface area contributed by atoms with Crippen LogP contribution in [0.4, 0.5) is 4.79 Å². The molecule has 1 aliphatic carbocycles. The quantitative estimate of drug-likeness (QED) is 0.707. The van der Waals surface area contributed by atoms with E-state index in [4.69, 9.17) is 10.5 Å². The van der Waals surface area contributed by atoms with Gasteiger partial charge in [0, 0.05) is 44.3 Å². The monoisotopic (exact) mass is 405 g/mol. The van der Waals surface area contributed by atoms with Crippen molar-refractivity contribution in [3.63, 3.8) is 0 Å². The molecule has 2 rings (SSSR count). The van der Waals surface area contributed by atoms with E-state index in [1.165, 1.54) is 5.70 Å². The molecule has 1 amide bonds. The lowest BCUT2D eigenvalue weighted by Crippen LogP contribution is -2.44. The lowest BCUT2D eigenvalue weighted by molar-refractivity contribution is 0.0547. The highest BCUT2D eigenvalue weighted by atomic mass is 16.6. The van der Waals surface area contributed by atoms with E-state index in [2.05, 4.69) is 47.2 Å². The Labute approximate surface area is 176 Å². The van der Waals surface area contributed by atoms with Gasteiger partial charge >= 0.3 is 6.09 Å². The summed E-state index contributed by atoms with van der Waals surface area (Å²) in [6.45, 7) is 9.79. The van der Waals surface area contributed by atoms with Gasteiger partial charge in [0.05, 0.1) is 11.4 Å². The largest absolute Gasteiger partial charge is 0.444 e. The molecule has 0 aromatic carbocycles. The van der Waals surface area contributed by atoms with Crippen molar-refractivity contribution >= 4 is 6.09 Å². The van der Waals surface area contributed by atoms with Crippen LogP contribution in [0.3, 0.4) is 0 Å². The molecular formula is C22H39N5O2. The molecule has 1 heterocycles. The first-order valence-corrected chi connectivity index (χ1v) is 10.5. The number of hydrogen-bond acceptors (Lipinski definition) is 6. The highest BCUT2D eigenvalue weighted by Gasteiger charge is 2.24. The lowest BCUT2D eigenvalue weighted by Gasteiger charge is -2.39. The Bertz CT molecular complexity index is 653. The molecule has 0 aromatic heterocycles. The Morgan fingerprint density at radius 1 is 1.21 bits per heavy atom. The van der Waals surface area contributed by atoms with Crippen LogP contribution in [0.2, 0.25) is 0 Å². The van der Waals surface area contributed by atoms with Gasteiger partial charge in [-0.25, -0.2) is 4.79 Å². The minimum Gasteiger partial charge on any atom is -0.444 e. The van der Waals surface area contributed by atoms with Gasteiger partial charge in [0.2, 0.25) is 0 Å². The van der Waals surface area contributed by atoms with Gasteiger partial charge in [-0.1, -0.05) is 6.08 Å². The van der Waals surface area contributed by atoms with Gasteiger partial charge in [0.1, 0.15) is 5.60 Å². The lowest BCUT2D eigenvalue weighted by atomic mass is 10.0. The molecule has 0 unspecified atom stereocenters. The molecule has 0 spiro atoms. The Kier molecular flexibility index (Phi) is 8.16. The summed E-state index contributed by atoms with van der Waals surface area (Å²) in [5, 5.41) is 2.78. The van der Waals surface area contributed by atoms with Crippen LogP contribution in [0.5, 0.6) is 0 Å². The Balaban J connectivity index is 1.89. The van der Waals surface area contributed by atoms with E-state index >= 15 is 0 Å². The third-order valence-corrected chi connectivity index (χ3v) is 5.31. The Morgan fingerprint density at radius 2 is 1.86 bits per heavy atom. The first-order chi connectivity index (χ1) is 13.5. The minimum absolute atomic E-state index is 0.481. The average molecular weight is 406 g/mol. The normalized spacial score (nSPS) is 18.9. The molecule has 7 heteroatoms. The van der Waals surface area contributed by atoms with Crippen molar-refractivity contribution in [2.45, 2.75) is 51.7 Å². The van der Waals surface area contributed by atoms with Crippen molar-refractivity contribution in [3.8, 4) is 0 Å². The number of hydrogen-bond donors (Lipinski definition) is 2. The van der Waals surface area contributed by atoms with Gasteiger partial charge in [-0.3, -0.25) is 5.32 Å². The number of allylic oxidation sites excluding steroid dienone is 3. The van der Waals surface area contributed by atoms with Crippen molar-refractivity contribution in [1.82, 2.24) is 20.0 Å². The predicted molar refractivity (Wildman–Crippen MR) is 118 cm³/mol. The van der Waals surface area contributed by atoms with Crippen molar-refractivity contribution in [2.24, 2.45) is 5.73 Å². The van der Waals surface area contributed by atoms with Crippen molar-refractivity contribution in [2.75, 3.05) is 47.3 Å². The van der Waals surface area contributed by atoms with Crippen molar-refractivity contribution in [3.05, 3.63) is 35.3 Å². The summed E-state index contributed by atoms with van der Waals surface area (Å²) >= 11 is 0. The van der Waals surface area contributed by atoms with Crippen LogP contribution in [-0.2, 0) is 4.74 Å². The molecule has 0 aromatic rings. The summed E-state index contributed by atoms with van der Waals surface area (Å²) in [6.07, 6.45) is 8.51. The minimum atomic E-state index is -0.540. The number of piperidine rings is 1. The molecule has 29 heavy (non-hydrogen) atoms. The fourth-order valence-electron chi connectivity index (χ4n) is 3.57.